The Morgan fingerprint density at radius 3 is 2.28 bits per heavy atom. The van der Waals surface area contributed by atoms with Crippen molar-refractivity contribution in [1.82, 2.24) is 0 Å². The minimum Gasteiger partial charge on any atom is -0.502 e. The lowest BCUT2D eigenvalue weighted by molar-refractivity contribution is -0.365. The number of phenols is 1. The van der Waals surface area contributed by atoms with Crippen molar-refractivity contribution in [1.29, 1.82) is 0 Å². The van der Waals surface area contributed by atoms with Gasteiger partial charge in [0.15, 0.2) is 35.6 Å². The fourth-order valence-corrected chi connectivity index (χ4v) is 6.73. The molecule has 0 unspecified atom stereocenters. The van der Waals surface area contributed by atoms with Crippen LogP contribution in [0.4, 0.5) is 4.39 Å². The summed E-state index contributed by atoms with van der Waals surface area (Å²) >= 11 is 0. The average Bonchev–Trinajstić information content (AvgIpc) is 3.58. The van der Waals surface area contributed by atoms with Crippen molar-refractivity contribution in [3.8, 4) is 28.7 Å². The van der Waals surface area contributed by atoms with Crippen LogP contribution in [-0.4, -0.2) is 98.2 Å². The smallest absolute Gasteiger partial charge is 0.345 e. The van der Waals surface area contributed by atoms with E-state index in [2.05, 4.69) is 0 Å². The molecule has 2 aromatic carbocycles. The van der Waals surface area contributed by atoms with Gasteiger partial charge in [-0.3, -0.25) is 0 Å². The summed E-state index contributed by atoms with van der Waals surface area (Å²) in [6.45, 7) is 1.31. The van der Waals surface area contributed by atoms with Crippen molar-refractivity contribution in [3.05, 3.63) is 41.0 Å². The highest BCUT2D eigenvalue weighted by Crippen LogP contribution is 2.60. The highest BCUT2D eigenvalue weighted by atomic mass is 19.1. The van der Waals surface area contributed by atoms with Gasteiger partial charge in [0.1, 0.15) is 31.0 Å². The van der Waals surface area contributed by atoms with Crippen molar-refractivity contribution in [2.45, 2.75) is 61.6 Å². The summed E-state index contributed by atoms with van der Waals surface area (Å²) in [5.41, 5.74) is -1.70. The zero-order valence-electron chi connectivity index (χ0n) is 23.4. The lowest BCUT2D eigenvalue weighted by Gasteiger charge is -2.48. The van der Waals surface area contributed by atoms with Gasteiger partial charge in [0.25, 0.3) is 0 Å². The molecule has 0 spiro atoms. The zero-order valence-corrected chi connectivity index (χ0v) is 23.4. The molecular weight excluding hydrogens is 575 g/mol. The Balaban J connectivity index is 1.35. The van der Waals surface area contributed by atoms with Crippen LogP contribution in [0.15, 0.2) is 24.3 Å². The molecule has 0 amide bonds. The maximum atomic E-state index is 17.6. The Morgan fingerprint density at radius 2 is 1.60 bits per heavy atom. The second-order valence-electron chi connectivity index (χ2n) is 11.1. The summed E-state index contributed by atoms with van der Waals surface area (Å²) in [5, 5.41) is 32.4. The molecule has 3 fully saturated rings. The summed E-state index contributed by atoms with van der Waals surface area (Å²) in [6.07, 6.45) is -7.86. The molecule has 232 valence electrons. The molecule has 3 saturated heterocycles. The van der Waals surface area contributed by atoms with Gasteiger partial charge in [-0.1, -0.05) is 0 Å². The van der Waals surface area contributed by atoms with Gasteiger partial charge >= 0.3 is 5.97 Å². The van der Waals surface area contributed by atoms with E-state index >= 15 is 4.39 Å². The Bertz CT molecular complexity index is 1410. The van der Waals surface area contributed by atoms with Crippen LogP contribution < -0.4 is 18.9 Å². The van der Waals surface area contributed by atoms with Gasteiger partial charge in [-0.15, -0.1) is 0 Å². The SMILES string of the molecule is COc1cc([C@@H]2c3cc4c(cc3[C@@H](O[C@@H]3O[C@@H]5CO[C@@H](C)O[C@H]5[C@H](O)[C@H]3O)[C@H]3COC(=O)[C@]23F)OCO4)cc(OC)c1O. The second-order valence-corrected chi connectivity index (χ2v) is 11.1. The molecule has 1 aliphatic carbocycles. The third-order valence-corrected chi connectivity index (χ3v) is 8.83. The molecule has 13 nitrogen and oxygen atoms in total. The van der Waals surface area contributed by atoms with E-state index in [1.165, 1.54) is 26.4 Å². The number of ether oxygens (including phenoxy) is 9. The molecule has 7 rings (SSSR count). The molecule has 0 aromatic heterocycles. The molecule has 2 aromatic rings. The predicted molar refractivity (Wildman–Crippen MR) is 139 cm³/mol. The van der Waals surface area contributed by atoms with E-state index in [9.17, 15) is 20.1 Å². The van der Waals surface area contributed by atoms with E-state index in [-0.39, 0.29) is 42.8 Å². The number of hydrogen-bond acceptors (Lipinski definition) is 13. The van der Waals surface area contributed by atoms with Crippen molar-refractivity contribution in [3.63, 3.8) is 0 Å². The van der Waals surface area contributed by atoms with Gasteiger partial charge < -0.3 is 58.0 Å². The van der Waals surface area contributed by atoms with Crippen LogP contribution in [0.1, 0.15) is 35.6 Å². The molecule has 0 radical (unpaired) electrons. The number of aromatic hydroxyl groups is 1. The molecule has 10 atom stereocenters. The number of hydrogen-bond donors (Lipinski definition) is 3. The van der Waals surface area contributed by atoms with Crippen molar-refractivity contribution >= 4 is 5.97 Å². The van der Waals surface area contributed by atoms with E-state index in [0.717, 1.165) is 0 Å². The van der Waals surface area contributed by atoms with E-state index in [0.29, 0.717) is 22.6 Å². The summed E-state index contributed by atoms with van der Waals surface area (Å²) in [7, 11) is 2.68. The minimum absolute atomic E-state index is 0.00930. The number of rotatable bonds is 5. The first-order valence-corrected chi connectivity index (χ1v) is 13.8. The van der Waals surface area contributed by atoms with Gasteiger partial charge in [0, 0.05) is 0 Å². The predicted octanol–water partition coefficient (Wildman–Crippen LogP) is 1.43. The summed E-state index contributed by atoms with van der Waals surface area (Å²) in [4.78, 5) is 13.3. The normalized spacial score (nSPS) is 37.6. The van der Waals surface area contributed by atoms with Crippen LogP contribution in [0.2, 0.25) is 0 Å². The summed E-state index contributed by atoms with van der Waals surface area (Å²) in [5.74, 6) is -3.20. The van der Waals surface area contributed by atoms with Gasteiger partial charge in [-0.05, 0) is 47.9 Å². The lowest BCUT2D eigenvalue weighted by atomic mass is 9.64. The maximum Gasteiger partial charge on any atom is 0.345 e. The first-order chi connectivity index (χ1) is 20.6. The average molecular weight is 607 g/mol. The number of methoxy groups -OCH3 is 2. The molecule has 3 N–H and O–H groups in total. The largest absolute Gasteiger partial charge is 0.502 e. The van der Waals surface area contributed by atoms with Crippen LogP contribution in [0.3, 0.4) is 0 Å². The quantitative estimate of drug-likeness (QED) is 0.420. The summed E-state index contributed by atoms with van der Waals surface area (Å²) < 4.78 is 68.2. The number of phenolic OH excluding ortho intramolecular Hbond substituents is 1. The Hall–Kier alpha value is -3.40. The van der Waals surface area contributed by atoms with Crippen LogP contribution in [0.5, 0.6) is 28.7 Å². The molecule has 0 saturated carbocycles. The van der Waals surface area contributed by atoms with Gasteiger partial charge in [-0.2, -0.15) is 0 Å². The number of halogens is 1. The molecule has 4 heterocycles. The standard InChI is InChI=1S/C29H31FO13/c1-11-37-9-20-26(41-11)23(32)24(33)27(42-20)43-25-14-7-17-16(39-10-40-17)6-13(14)21(29(30)15(25)8-38-28(29)34)12-4-18(35-2)22(31)19(5-12)36-3/h4-7,11,15,20-21,23-27,31-33H,8-10H2,1-3H3/t11-,15-,20-,21-,23-,24-,25-,26-,27+,29-/m1/s1. The van der Waals surface area contributed by atoms with Crippen molar-refractivity contribution in [2.75, 3.05) is 34.2 Å². The molecule has 5 aliphatic rings. The first-order valence-electron chi connectivity index (χ1n) is 13.8. The molecule has 0 bridgehead atoms. The van der Waals surface area contributed by atoms with Crippen molar-refractivity contribution in [2.24, 2.45) is 5.92 Å². The fourth-order valence-electron chi connectivity index (χ4n) is 6.73. The third-order valence-electron chi connectivity index (χ3n) is 8.83. The fraction of sp³-hybridized carbons (Fsp3) is 0.552. The number of aliphatic hydroxyl groups excluding tert-OH is 2. The highest BCUT2D eigenvalue weighted by Gasteiger charge is 2.66. The highest BCUT2D eigenvalue weighted by molar-refractivity contribution is 5.86. The van der Waals surface area contributed by atoms with Crippen LogP contribution in [0, 0.1) is 5.92 Å². The topological polar surface area (TPSA) is 161 Å². The van der Waals surface area contributed by atoms with E-state index < -0.39 is 66.6 Å². The summed E-state index contributed by atoms with van der Waals surface area (Å²) in [6, 6.07) is 6.06. The number of esters is 1. The van der Waals surface area contributed by atoms with E-state index in [4.69, 9.17) is 42.6 Å². The molecular formula is C29H31FO13. The number of benzene rings is 2. The number of alkyl halides is 1. The monoisotopic (exact) mass is 606 g/mol. The number of carbonyl (C=O) groups excluding carboxylic acids is 1. The van der Waals surface area contributed by atoms with E-state index in [1.807, 2.05) is 0 Å². The Morgan fingerprint density at radius 1 is 0.930 bits per heavy atom. The van der Waals surface area contributed by atoms with Gasteiger partial charge in [0.05, 0.1) is 38.8 Å². The first kappa shape index (κ1) is 28.4. The number of fused-ring (bicyclic) bond motifs is 4. The van der Waals surface area contributed by atoms with Crippen LogP contribution in [-0.2, 0) is 28.5 Å². The van der Waals surface area contributed by atoms with Gasteiger partial charge in [0.2, 0.25) is 18.2 Å². The second kappa shape index (κ2) is 10.4. The Labute approximate surface area is 244 Å². The van der Waals surface area contributed by atoms with E-state index in [1.54, 1.807) is 19.1 Å². The van der Waals surface area contributed by atoms with Crippen LogP contribution in [0.25, 0.3) is 0 Å². The minimum atomic E-state index is -2.69. The number of carbonyl (C=O) groups is 1. The Kier molecular flexibility index (Phi) is 6.83. The molecule has 14 heteroatoms. The zero-order chi connectivity index (χ0) is 30.2. The third kappa shape index (κ3) is 4.23. The van der Waals surface area contributed by atoms with Crippen LogP contribution >= 0.6 is 0 Å². The van der Waals surface area contributed by atoms with Crippen molar-refractivity contribution < 1.29 is 67.1 Å². The maximum absolute atomic E-state index is 17.6. The molecule has 43 heavy (non-hydrogen) atoms. The number of aliphatic hydroxyl groups is 2. The number of cyclic esters (lactones) is 1. The lowest BCUT2D eigenvalue weighted by Crippen LogP contribution is -2.63. The molecule has 4 aliphatic heterocycles. The van der Waals surface area contributed by atoms with Gasteiger partial charge in [-0.25, -0.2) is 9.18 Å².